The monoisotopic (exact) mass is 344 g/mol. The molecule has 0 radical (unpaired) electrons. The average molecular weight is 345 g/mol. The summed E-state index contributed by atoms with van der Waals surface area (Å²) in [5.74, 6) is 0.847. The van der Waals surface area contributed by atoms with Gasteiger partial charge in [-0.15, -0.1) is 0 Å². The molecule has 0 aliphatic heterocycles. The molecule has 0 amide bonds. The van der Waals surface area contributed by atoms with E-state index in [9.17, 15) is 0 Å². The molecule has 5 heteroatoms. The Bertz CT molecular complexity index is 629. The maximum Gasteiger partial charge on any atom is 0.167 e. The van der Waals surface area contributed by atoms with Gasteiger partial charge < -0.3 is 20.3 Å². The van der Waals surface area contributed by atoms with Crippen molar-refractivity contribution in [1.29, 1.82) is 0 Å². The van der Waals surface area contributed by atoms with Gasteiger partial charge in [-0.3, -0.25) is 0 Å². The Balaban J connectivity index is 2.12. The number of hydrogen-bond acceptors (Lipinski definition) is 2. The number of ether oxygens (including phenoxy) is 1. The highest BCUT2D eigenvalue weighted by molar-refractivity contribution is 7.80. The molecule has 0 heterocycles. The molecule has 0 aliphatic carbocycles. The standard InChI is InChI=1S/C19H25N3OS/c1-22(2)14-13-20-19(24)21-18(15-7-5-4-6-8-15)16-9-11-17(23-3)12-10-16/h4-12,18H,13-14H2,1-3H3,(H2,20,21,24)/p+1/t18-/m0/s1. The van der Waals surface area contributed by atoms with Crippen molar-refractivity contribution in [3.63, 3.8) is 0 Å². The lowest BCUT2D eigenvalue weighted by Crippen LogP contribution is -3.06. The molecule has 0 unspecified atom stereocenters. The van der Waals surface area contributed by atoms with Gasteiger partial charge in [0.15, 0.2) is 5.11 Å². The van der Waals surface area contributed by atoms with Crippen molar-refractivity contribution in [2.45, 2.75) is 6.04 Å². The van der Waals surface area contributed by atoms with E-state index in [0.29, 0.717) is 5.11 Å². The van der Waals surface area contributed by atoms with Crippen molar-refractivity contribution in [2.24, 2.45) is 0 Å². The average Bonchev–Trinajstić information content (AvgIpc) is 2.60. The van der Waals surface area contributed by atoms with Crippen molar-refractivity contribution in [3.05, 3.63) is 65.7 Å². The molecule has 0 spiro atoms. The van der Waals surface area contributed by atoms with Crippen molar-refractivity contribution in [2.75, 3.05) is 34.3 Å². The highest BCUT2D eigenvalue weighted by Gasteiger charge is 2.15. The molecule has 2 aromatic carbocycles. The summed E-state index contributed by atoms with van der Waals surface area (Å²) in [6.07, 6.45) is 0. The molecular weight excluding hydrogens is 318 g/mol. The van der Waals surface area contributed by atoms with Crippen LogP contribution in [0.3, 0.4) is 0 Å². The molecule has 24 heavy (non-hydrogen) atoms. The molecule has 0 aliphatic rings. The summed E-state index contributed by atoms with van der Waals surface area (Å²) in [5, 5.41) is 7.38. The number of rotatable bonds is 7. The number of thiocarbonyl (C=S) groups is 1. The van der Waals surface area contributed by atoms with Crippen LogP contribution >= 0.6 is 12.2 Å². The topological polar surface area (TPSA) is 37.7 Å². The largest absolute Gasteiger partial charge is 0.497 e. The summed E-state index contributed by atoms with van der Waals surface area (Å²) in [5.41, 5.74) is 2.31. The smallest absolute Gasteiger partial charge is 0.167 e. The molecule has 4 nitrogen and oxygen atoms in total. The highest BCUT2D eigenvalue weighted by atomic mass is 32.1. The van der Waals surface area contributed by atoms with Crippen LogP contribution in [0.1, 0.15) is 17.2 Å². The molecular formula is C19H26N3OS+. The van der Waals surface area contributed by atoms with E-state index in [-0.39, 0.29) is 6.04 Å². The van der Waals surface area contributed by atoms with Crippen molar-refractivity contribution >= 4 is 17.3 Å². The second kappa shape index (κ2) is 9.25. The van der Waals surface area contributed by atoms with Gasteiger partial charge in [-0.05, 0) is 35.5 Å². The maximum absolute atomic E-state index is 5.47. The Morgan fingerprint density at radius 3 is 2.25 bits per heavy atom. The van der Waals surface area contributed by atoms with Gasteiger partial charge in [-0.2, -0.15) is 0 Å². The first kappa shape index (κ1) is 18.2. The van der Waals surface area contributed by atoms with Crippen LogP contribution in [0.25, 0.3) is 0 Å². The number of hydrogen-bond donors (Lipinski definition) is 3. The van der Waals surface area contributed by atoms with E-state index in [2.05, 4.69) is 49.0 Å². The van der Waals surface area contributed by atoms with Crippen LogP contribution in [0, 0.1) is 0 Å². The summed E-state index contributed by atoms with van der Waals surface area (Å²) in [6, 6.07) is 18.4. The quantitative estimate of drug-likeness (QED) is 0.664. The fraction of sp³-hybridized carbons (Fsp3) is 0.316. The van der Waals surface area contributed by atoms with Crippen molar-refractivity contribution in [1.82, 2.24) is 10.6 Å². The highest BCUT2D eigenvalue weighted by Crippen LogP contribution is 2.24. The third-order valence-corrected chi connectivity index (χ3v) is 4.03. The van der Waals surface area contributed by atoms with Crippen LogP contribution < -0.4 is 20.3 Å². The van der Waals surface area contributed by atoms with Crippen LogP contribution in [0.5, 0.6) is 5.75 Å². The van der Waals surface area contributed by atoms with E-state index in [4.69, 9.17) is 17.0 Å². The molecule has 0 aromatic heterocycles. The van der Waals surface area contributed by atoms with Crippen molar-refractivity contribution < 1.29 is 9.64 Å². The third kappa shape index (κ3) is 5.51. The molecule has 0 bridgehead atoms. The van der Waals surface area contributed by atoms with Crippen LogP contribution in [0.4, 0.5) is 0 Å². The molecule has 0 saturated carbocycles. The Labute approximate surface area is 149 Å². The van der Waals surface area contributed by atoms with Crippen LogP contribution in [-0.4, -0.2) is 39.4 Å². The minimum absolute atomic E-state index is 0.00353. The summed E-state index contributed by atoms with van der Waals surface area (Å²) in [7, 11) is 5.93. The SMILES string of the molecule is COc1ccc([C@@H](NC(=S)NCC[NH+](C)C)c2ccccc2)cc1. The van der Waals surface area contributed by atoms with Crippen LogP contribution in [-0.2, 0) is 0 Å². The van der Waals surface area contributed by atoms with E-state index >= 15 is 0 Å². The molecule has 3 N–H and O–H groups in total. The summed E-state index contributed by atoms with van der Waals surface area (Å²) in [6.45, 7) is 1.86. The Morgan fingerprint density at radius 1 is 1.04 bits per heavy atom. The summed E-state index contributed by atoms with van der Waals surface area (Å²) >= 11 is 5.47. The van der Waals surface area contributed by atoms with Gasteiger partial charge in [0.1, 0.15) is 5.75 Å². The van der Waals surface area contributed by atoms with Crippen molar-refractivity contribution in [3.8, 4) is 5.75 Å². The first-order valence-corrected chi connectivity index (χ1v) is 8.53. The summed E-state index contributed by atoms with van der Waals surface area (Å²) in [4.78, 5) is 1.39. The third-order valence-electron chi connectivity index (χ3n) is 3.77. The van der Waals surface area contributed by atoms with E-state index in [1.165, 1.54) is 10.5 Å². The Hall–Kier alpha value is -2.11. The Morgan fingerprint density at radius 2 is 1.67 bits per heavy atom. The molecule has 1 atom stereocenters. The van der Waals surface area contributed by atoms with E-state index < -0.39 is 0 Å². The number of quaternary nitrogens is 1. The zero-order valence-corrected chi connectivity index (χ0v) is 15.3. The lowest BCUT2D eigenvalue weighted by Gasteiger charge is -2.22. The zero-order chi connectivity index (χ0) is 17.4. The van der Waals surface area contributed by atoms with Gasteiger partial charge in [-0.25, -0.2) is 0 Å². The number of likely N-dealkylation sites (N-methyl/N-ethyl adjacent to an activating group) is 1. The number of benzene rings is 2. The van der Waals surface area contributed by atoms with Gasteiger partial charge in [0, 0.05) is 0 Å². The predicted molar refractivity (Wildman–Crippen MR) is 103 cm³/mol. The van der Waals surface area contributed by atoms with Crippen LogP contribution in [0.15, 0.2) is 54.6 Å². The fourth-order valence-corrected chi connectivity index (χ4v) is 2.63. The first-order valence-electron chi connectivity index (χ1n) is 8.12. The second-order valence-electron chi connectivity index (χ2n) is 5.97. The van der Waals surface area contributed by atoms with Crippen LogP contribution in [0.2, 0.25) is 0 Å². The predicted octanol–water partition coefficient (Wildman–Crippen LogP) is 1.39. The van der Waals surface area contributed by atoms with E-state index in [0.717, 1.165) is 24.4 Å². The Kier molecular flexibility index (Phi) is 7.03. The molecule has 2 rings (SSSR count). The fourth-order valence-electron chi connectivity index (χ4n) is 2.41. The van der Waals surface area contributed by atoms with Gasteiger partial charge in [0.2, 0.25) is 0 Å². The first-order chi connectivity index (χ1) is 11.6. The second-order valence-corrected chi connectivity index (χ2v) is 6.38. The molecule has 128 valence electrons. The summed E-state index contributed by atoms with van der Waals surface area (Å²) < 4.78 is 5.25. The molecule has 0 fully saturated rings. The minimum atomic E-state index is 0.00353. The molecule has 0 saturated heterocycles. The van der Waals surface area contributed by atoms with Gasteiger partial charge in [0.05, 0.1) is 40.3 Å². The maximum atomic E-state index is 5.47. The zero-order valence-electron chi connectivity index (χ0n) is 14.5. The van der Waals surface area contributed by atoms with E-state index in [1.807, 2.05) is 30.3 Å². The number of nitrogens with one attached hydrogen (secondary N) is 3. The van der Waals surface area contributed by atoms with E-state index in [1.54, 1.807) is 7.11 Å². The van der Waals surface area contributed by atoms with Gasteiger partial charge in [0.25, 0.3) is 0 Å². The van der Waals surface area contributed by atoms with Gasteiger partial charge >= 0.3 is 0 Å². The minimum Gasteiger partial charge on any atom is -0.497 e. The normalized spacial score (nSPS) is 11.8. The lowest BCUT2D eigenvalue weighted by atomic mass is 9.99. The molecule has 2 aromatic rings. The number of methoxy groups -OCH3 is 1. The van der Waals surface area contributed by atoms with Gasteiger partial charge in [-0.1, -0.05) is 42.5 Å². The lowest BCUT2D eigenvalue weighted by molar-refractivity contribution is -0.856.